The quantitative estimate of drug-likeness (QED) is 0.726. The maximum atomic E-state index is 12.9. The summed E-state index contributed by atoms with van der Waals surface area (Å²) in [5, 5.41) is 5.82. The second kappa shape index (κ2) is 8.68. The Balaban J connectivity index is 1.37. The summed E-state index contributed by atoms with van der Waals surface area (Å²) >= 11 is 0. The molecule has 0 spiro atoms. The van der Waals surface area contributed by atoms with Gasteiger partial charge in [0, 0.05) is 30.0 Å². The number of nitrogens with one attached hydrogen (secondary N) is 2. The van der Waals surface area contributed by atoms with Crippen molar-refractivity contribution in [1.82, 2.24) is 25.5 Å². The van der Waals surface area contributed by atoms with Crippen LogP contribution in [-0.2, 0) is 4.79 Å². The third-order valence-electron chi connectivity index (χ3n) is 6.55. The molecule has 3 atom stereocenters. The largest absolute Gasteiger partial charge is 0.348 e. The van der Waals surface area contributed by atoms with E-state index in [-0.39, 0.29) is 35.8 Å². The smallest absolute Gasteiger partial charge is 0.255 e. The zero-order chi connectivity index (χ0) is 22.9. The van der Waals surface area contributed by atoms with E-state index in [2.05, 4.69) is 34.4 Å². The highest BCUT2D eigenvalue weighted by molar-refractivity contribution is 6.00. The van der Waals surface area contributed by atoms with Crippen LogP contribution in [0.4, 0.5) is 0 Å². The fraction of sp³-hybridized carbons (Fsp3) is 0.458. The summed E-state index contributed by atoms with van der Waals surface area (Å²) in [6.07, 6.45) is 7.43. The average molecular weight is 436 g/mol. The van der Waals surface area contributed by atoms with E-state index in [0.29, 0.717) is 24.0 Å². The molecule has 1 aliphatic carbocycles. The number of likely N-dealkylation sites (tertiary alicyclic amines) is 1. The molecule has 1 aliphatic heterocycles. The molecule has 1 saturated carbocycles. The molecule has 0 radical (unpaired) electrons. The van der Waals surface area contributed by atoms with E-state index in [1.54, 1.807) is 0 Å². The van der Waals surface area contributed by atoms with Gasteiger partial charge in [0.1, 0.15) is 11.9 Å². The lowest BCUT2D eigenvalue weighted by Crippen LogP contribution is -2.49. The Morgan fingerprint density at radius 3 is 2.16 bits per heavy atom. The minimum Gasteiger partial charge on any atom is -0.348 e. The van der Waals surface area contributed by atoms with Crippen molar-refractivity contribution in [3.05, 3.63) is 59.7 Å². The molecule has 2 N–H and O–H groups in total. The van der Waals surface area contributed by atoms with Gasteiger partial charge in [-0.1, -0.05) is 12.1 Å². The molecule has 0 bridgehead atoms. The lowest BCUT2D eigenvalue weighted by molar-refractivity contribution is -0.124. The van der Waals surface area contributed by atoms with Crippen LogP contribution in [0.2, 0.25) is 0 Å². The Hall–Kier alpha value is -3.29. The lowest BCUT2D eigenvalue weighted by atomic mass is 10.0. The number of carbonyl (C=O) groups excluding carboxylic acids is 3. The maximum Gasteiger partial charge on any atom is 0.255 e. The van der Waals surface area contributed by atoms with E-state index in [4.69, 9.17) is 0 Å². The Morgan fingerprint density at radius 1 is 1.00 bits per heavy atom. The number of hydrogen-bond donors (Lipinski definition) is 2. The summed E-state index contributed by atoms with van der Waals surface area (Å²) in [6, 6.07) is 7.65. The second-order valence-corrected chi connectivity index (χ2v) is 8.97. The monoisotopic (exact) mass is 435 g/mol. The first kappa shape index (κ1) is 21.9. The zero-order valence-corrected chi connectivity index (χ0v) is 18.7. The van der Waals surface area contributed by atoms with Crippen LogP contribution in [0.15, 0.2) is 43.0 Å². The lowest BCUT2D eigenvalue weighted by Gasteiger charge is -2.26. The molecule has 8 nitrogen and oxygen atoms in total. The van der Waals surface area contributed by atoms with Crippen LogP contribution in [0.5, 0.6) is 0 Å². The average Bonchev–Trinajstić information content (AvgIpc) is 3.51. The van der Waals surface area contributed by atoms with Crippen molar-refractivity contribution < 1.29 is 14.4 Å². The number of carbonyl (C=O) groups is 3. The SMILES string of the molecule is CC1CCC(C)N1C(=O)c1ccc([C@@H](C)NC(=O)C2(NC(=O)c3cncnc3)CC2)cc1. The second-order valence-electron chi connectivity index (χ2n) is 8.97. The molecule has 2 heterocycles. The molecule has 32 heavy (non-hydrogen) atoms. The van der Waals surface area contributed by atoms with E-state index in [0.717, 1.165) is 18.4 Å². The van der Waals surface area contributed by atoms with Crippen molar-refractivity contribution in [2.24, 2.45) is 0 Å². The Labute approximate surface area is 187 Å². The molecule has 3 amide bonds. The zero-order valence-electron chi connectivity index (χ0n) is 18.7. The molecular formula is C24H29N5O3. The van der Waals surface area contributed by atoms with Gasteiger partial charge in [0.25, 0.3) is 11.8 Å². The molecule has 8 heteroatoms. The predicted octanol–water partition coefficient (Wildman–Crippen LogP) is 2.63. The van der Waals surface area contributed by atoms with Gasteiger partial charge in [-0.05, 0) is 64.2 Å². The van der Waals surface area contributed by atoms with Crippen molar-refractivity contribution in [3.8, 4) is 0 Å². The third-order valence-corrected chi connectivity index (χ3v) is 6.55. The number of benzene rings is 1. The molecule has 168 valence electrons. The maximum absolute atomic E-state index is 12.9. The van der Waals surface area contributed by atoms with Crippen LogP contribution in [-0.4, -0.2) is 50.2 Å². The molecule has 1 saturated heterocycles. The van der Waals surface area contributed by atoms with E-state index >= 15 is 0 Å². The van der Waals surface area contributed by atoms with Gasteiger partial charge in [0.15, 0.2) is 0 Å². The van der Waals surface area contributed by atoms with E-state index in [9.17, 15) is 14.4 Å². The van der Waals surface area contributed by atoms with Crippen molar-refractivity contribution in [2.45, 2.75) is 70.1 Å². The van der Waals surface area contributed by atoms with Gasteiger partial charge < -0.3 is 15.5 Å². The fourth-order valence-electron chi connectivity index (χ4n) is 4.32. The number of aromatic nitrogens is 2. The van der Waals surface area contributed by atoms with Gasteiger partial charge in [-0.2, -0.15) is 0 Å². The summed E-state index contributed by atoms with van der Waals surface area (Å²) in [6.45, 7) is 6.07. The summed E-state index contributed by atoms with van der Waals surface area (Å²) in [4.78, 5) is 47.8. The van der Waals surface area contributed by atoms with Gasteiger partial charge >= 0.3 is 0 Å². The predicted molar refractivity (Wildman–Crippen MR) is 119 cm³/mol. The highest BCUT2D eigenvalue weighted by Gasteiger charge is 2.51. The highest BCUT2D eigenvalue weighted by atomic mass is 16.2. The Morgan fingerprint density at radius 2 is 1.59 bits per heavy atom. The van der Waals surface area contributed by atoms with E-state index in [1.165, 1.54) is 18.7 Å². The topological polar surface area (TPSA) is 104 Å². The molecule has 2 fully saturated rings. The van der Waals surface area contributed by atoms with Crippen LogP contribution in [0.1, 0.15) is 78.8 Å². The van der Waals surface area contributed by atoms with Crippen LogP contribution < -0.4 is 10.6 Å². The molecule has 1 aromatic carbocycles. The van der Waals surface area contributed by atoms with E-state index < -0.39 is 5.54 Å². The number of amides is 3. The summed E-state index contributed by atoms with van der Waals surface area (Å²) in [5.74, 6) is -0.524. The molecule has 1 aromatic heterocycles. The van der Waals surface area contributed by atoms with E-state index in [1.807, 2.05) is 36.1 Å². The van der Waals surface area contributed by atoms with Crippen molar-refractivity contribution in [3.63, 3.8) is 0 Å². The molecule has 2 aromatic rings. The summed E-state index contributed by atoms with van der Waals surface area (Å²) in [7, 11) is 0. The van der Waals surface area contributed by atoms with Crippen molar-refractivity contribution in [1.29, 1.82) is 0 Å². The normalized spacial score (nSPS) is 22.2. The Bertz CT molecular complexity index is 994. The summed E-state index contributed by atoms with van der Waals surface area (Å²) < 4.78 is 0. The van der Waals surface area contributed by atoms with Gasteiger partial charge in [0.2, 0.25) is 5.91 Å². The van der Waals surface area contributed by atoms with Crippen molar-refractivity contribution in [2.75, 3.05) is 0 Å². The third kappa shape index (κ3) is 4.35. The van der Waals surface area contributed by atoms with Gasteiger partial charge in [-0.3, -0.25) is 14.4 Å². The molecule has 2 aliphatic rings. The fourth-order valence-corrected chi connectivity index (χ4v) is 4.32. The molecule has 4 rings (SSSR count). The minimum atomic E-state index is -0.890. The minimum absolute atomic E-state index is 0.0512. The van der Waals surface area contributed by atoms with Crippen LogP contribution >= 0.6 is 0 Å². The Kier molecular flexibility index (Phi) is 5.95. The molecule has 2 unspecified atom stereocenters. The summed E-state index contributed by atoms with van der Waals surface area (Å²) in [5.41, 5.74) is 0.987. The number of hydrogen-bond acceptors (Lipinski definition) is 5. The van der Waals surface area contributed by atoms with Gasteiger partial charge in [-0.15, -0.1) is 0 Å². The number of nitrogens with zero attached hydrogens (tertiary/aromatic N) is 3. The van der Waals surface area contributed by atoms with Crippen molar-refractivity contribution >= 4 is 17.7 Å². The van der Waals surface area contributed by atoms with Gasteiger partial charge in [0.05, 0.1) is 11.6 Å². The first-order chi connectivity index (χ1) is 15.3. The van der Waals surface area contributed by atoms with Crippen LogP contribution in [0.3, 0.4) is 0 Å². The first-order valence-corrected chi connectivity index (χ1v) is 11.1. The standard InChI is InChI=1S/C24H29N5O3/c1-15-4-5-16(2)29(15)22(31)19-8-6-18(7-9-19)17(3)27-23(32)24(10-11-24)28-21(30)20-12-25-14-26-13-20/h6-9,12-17H,4-5,10-11H2,1-3H3,(H,27,32)(H,28,30)/t15?,16?,17-/m1/s1. The van der Waals surface area contributed by atoms with Crippen LogP contribution in [0.25, 0.3) is 0 Å². The molecular weight excluding hydrogens is 406 g/mol. The first-order valence-electron chi connectivity index (χ1n) is 11.1. The van der Waals surface area contributed by atoms with Crippen LogP contribution in [0, 0.1) is 0 Å². The highest BCUT2D eigenvalue weighted by Crippen LogP contribution is 2.36. The number of rotatable bonds is 6. The van der Waals surface area contributed by atoms with Gasteiger partial charge in [-0.25, -0.2) is 9.97 Å².